The molecule has 0 spiro atoms. The van der Waals surface area contributed by atoms with Crippen LogP contribution in [0.3, 0.4) is 0 Å². The Morgan fingerprint density at radius 2 is 1.23 bits per heavy atom. The van der Waals surface area contributed by atoms with Gasteiger partial charge in [0.2, 0.25) is 0 Å². The monoisotopic (exact) mass is 312 g/mol. The predicted molar refractivity (Wildman–Crippen MR) is 97.0 cm³/mol. The Hall–Kier alpha value is -0.340. The smallest absolute Gasteiger partial charge is 0.177 e. The maximum Gasteiger partial charge on any atom is 0.177 e. The molecule has 0 aliphatic carbocycles. The molecule has 0 fully saturated rings. The lowest BCUT2D eigenvalue weighted by molar-refractivity contribution is -0.115. The average Bonchev–Trinajstić information content (AvgIpc) is 2.36. The second-order valence-corrected chi connectivity index (χ2v) is 7.77. The van der Waals surface area contributed by atoms with Crippen LogP contribution in [0.15, 0.2) is 11.6 Å². The summed E-state index contributed by atoms with van der Waals surface area (Å²) in [5.41, 5.74) is 1.39. The first-order valence-corrected chi connectivity index (χ1v) is 9.21. The topological polar surface area (TPSA) is 18.5 Å². The lowest BCUT2D eigenvalue weighted by Crippen LogP contribution is -2.18. The Morgan fingerprint density at radius 1 is 0.773 bits per heavy atom. The number of hydrogen-bond donors (Lipinski definition) is 0. The van der Waals surface area contributed by atoms with E-state index in [1.807, 2.05) is 0 Å². The summed E-state index contributed by atoms with van der Waals surface area (Å²) in [6, 6.07) is 0. The first-order chi connectivity index (χ1) is 10.3. The molecule has 22 heavy (non-hydrogen) atoms. The predicted octanol–water partition coefficient (Wildman–Crippen LogP) is 6.21. The van der Waals surface area contributed by atoms with Crippen molar-refractivity contribution in [3.63, 3.8) is 0 Å². The van der Waals surface area contributed by atoms with Crippen molar-refractivity contribution >= 4 is 0 Å². The van der Waals surface area contributed by atoms with E-state index in [1.54, 1.807) is 0 Å². The molecule has 2 heteroatoms. The van der Waals surface area contributed by atoms with Gasteiger partial charge in [0.25, 0.3) is 0 Å². The highest BCUT2D eigenvalue weighted by molar-refractivity contribution is 5.00. The zero-order valence-electron chi connectivity index (χ0n) is 16.2. The molecule has 0 rings (SSSR count). The molecule has 0 atom stereocenters. The van der Waals surface area contributed by atoms with E-state index in [4.69, 9.17) is 9.47 Å². The van der Waals surface area contributed by atoms with Crippen LogP contribution in [0.25, 0.3) is 0 Å². The minimum atomic E-state index is -0.170. The van der Waals surface area contributed by atoms with Crippen molar-refractivity contribution in [1.29, 1.82) is 0 Å². The molecular formula is C20H40O2. The Balaban J connectivity index is 4.27. The molecule has 132 valence electrons. The van der Waals surface area contributed by atoms with Crippen molar-refractivity contribution in [1.82, 2.24) is 0 Å². The molecule has 0 aliphatic heterocycles. The highest BCUT2D eigenvalue weighted by Gasteiger charge is 2.08. The number of ether oxygens (including phenoxy) is 2. The summed E-state index contributed by atoms with van der Waals surface area (Å²) >= 11 is 0. The van der Waals surface area contributed by atoms with Gasteiger partial charge >= 0.3 is 0 Å². The van der Waals surface area contributed by atoms with Gasteiger partial charge in [0, 0.05) is 0 Å². The average molecular weight is 313 g/mol. The summed E-state index contributed by atoms with van der Waals surface area (Å²) in [7, 11) is 0. The summed E-state index contributed by atoms with van der Waals surface area (Å²) in [4.78, 5) is 0. The van der Waals surface area contributed by atoms with Crippen molar-refractivity contribution in [3.05, 3.63) is 11.6 Å². The molecule has 0 amide bonds. The van der Waals surface area contributed by atoms with E-state index in [2.05, 4.69) is 54.5 Å². The first kappa shape index (κ1) is 21.7. The molecule has 0 aliphatic rings. The van der Waals surface area contributed by atoms with Crippen LogP contribution in [0, 0.1) is 17.8 Å². The van der Waals surface area contributed by atoms with E-state index >= 15 is 0 Å². The quantitative estimate of drug-likeness (QED) is 0.297. The maximum absolute atomic E-state index is 5.93. The Morgan fingerprint density at radius 3 is 1.64 bits per heavy atom. The first-order valence-electron chi connectivity index (χ1n) is 9.21. The summed E-state index contributed by atoms with van der Waals surface area (Å²) in [5, 5.41) is 0. The molecule has 0 aromatic rings. The minimum Gasteiger partial charge on any atom is -0.349 e. The molecule has 0 unspecified atom stereocenters. The number of hydrogen-bond acceptors (Lipinski definition) is 2. The molecule has 0 aromatic carbocycles. The second kappa shape index (κ2) is 13.1. The molecule has 0 bridgehead atoms. The van der Waals surface area contributed by atoms with E-state index in [0.717, 1.165) is 38.4 Å². The SMILES string of the molecule is C/C(=C\C(OCCC(C)C)OCCC(C)C)CCCC(C)C. The zero-order chi connectivity index (χ0) is 17.0. The maximum atomic E-state index is 5.93. The van der Waals surface area contributed by atoms with Gasteiger partial charge in [0.05, 0.1) is 13.2 Å². The molecular weight excluding hydrogens is 272 g/mol. The molecule has 0 saturated heterocycles. The van der Waals surface area contributed by atoms with Crippen LogP contribution < -0.4 is 0 Å². The van der Waals surface area contributed by atoms with Gasteiger partial charge < -0.3 is 9.47 Å². The van der Waals surface area contributed by atoms with Gasteiger partial charge in [0.1, 0.15) is 0 Å². The van der Waals surface area contributed by atoms with E-state index in [-0.39, 0.29) is 6.29 Å². The summed E-state index contributed by atoms with van der Waals surface area (Å²) in [5.74, 6) is 2.13. The molecule has 0 heterocycles. The molecule has 0 radical (unpaired) electrons. The summed E-state index contributed by atoms with van der Waals surface area (Å²) in [6.45, 7) is 17.2. The van der Waals surface area contributed by atoms with Gasteiger partial charge in [-0.1, -0.05) is 53.5 Å². The van der Waals surface area contributed by atoms with Crippen molar-refractivity contribution in [3.8, 4) is 0 Å². The molecule has 0 saturated carbocycles. The zero-order valence-corrected chi connectivity index (χ0v) is 16.2. The van der Waals surface area contributed by atoms with Gasteiger partial charge in [-0.05, 0) is 56.4 Å². The largest absolute Gasteiger partial charge is 0.349 e. The van der Waals surface area contributed by atoms with Crippen LogP contribution in [0.5, 0.6) is 0 Å². The van der Waals surface area contributed by atoms with E-state index in [0.29, 0.717) is 11.8 Å². The highest BCUT2D eigenvalue weighted by atomic mass is 16.7. The Kier molecular flexibility index (Phi) is 12.9. The normalized spacial score (nSPS) is 13.1. The van der Waals surface area contributed by atoms with Crippen molar-refractivity contribution in [2.24, 2.45) is 17.8 Å². The Bertz CT molecular complexity index is 265. The van der Waals surface area contributed by atoms with Gasteiger partial charge in [0.15, 0.2) is 6.29 Å². The fourth-order valence-corrected chi connectivity index (χ4v) is 2.09. The van der Waals surface area contributed by atoms with Gasteiger partial charge in [-0.2, -0.15) is 0 Å². The van der Waals surface area contributed by atoms with Crippen LogP contribution in [0.2, 0.25) is 0 Å². The van der Waals surface area contributed by atoms with E-state index in [9.17, 15) is 0 Å². The van der Waals surface area contributed by atoms with E-state index < -0.39 is 0 Å². The Labute approximate surface area is 139 Å². The van der Waals surface area contributed by atoms with Crippen LogP contribution in [-0.4, -0.2) is 19.5 Å². The van der Waals surface area contributed by atoms with Gasteiger partial charge in [-0.25, -0.2) is 0 Å². The number of allylic oxidation sites excluding steroid dienone is 1. The standard InChI is InChI=1S/C20H40O2/c1-16(2)9-8-10-19(7)15-20(21-13-11-17(3)4)22-14-12-18(5)6/h15-18,20H,8-14H2,1-7H3/b19-15+. The van der Waals surface area contributed by atoms with Crippen LogP contribution >= 0.6 is 0 Å². The molecule has 2 nitrogen and oxygen atoms in total. The van der Waals surface area contributed by atoms with Gasteiger partial charge in [-0.15, -0.1) is 0 Å². The third kappa shape index (κ3) is 14.6. The fourth-order valence-electron chi connectivity index (χ4n) is 2.09. The molecule has 0 aromatic heterocycles. The summed E-state index contributed by atoms with van der Waals surface area (Å²) < 4.78 is 11.9. The van der Waals surface area contributed by atoms with E-state index in [1.165, 1.54) is 18.4 Å². The third-order valence-corrected chi connectivity index (χ3v) is 3.73. The van der Waals surface area contributed by atoms with Crippen LogP contribution in [0.1, 0.15) is 80.6 Å². The van der Waals surface area contributed by atoms with Gasteiger partial charge in [-0.3, -0.25) is 0 Å². The fraction of sp³-hybridized carbons (Fsp3) is 0.900. The molecule has 0 N–H and O–H groups in total. The van der Waals surface area contributed by atoms with Crippen molar-refractivity contribution in [2.75, 3.05) is 13.2 Å². The van der Waals surface area contributed by atoms with Crippen molar-refractivity contribution in [2.45, 2.75) is 86.9 Å². The van der Waals surface area contributed by atoms with Crippen LogP contribution in [0.4, 0.5) is 0 Å². The summed E-state index contributed by atoms with van der Waals surface area (Å²) in [6.07, 6.45) is 7.88. The number of rotatable bonds is 13. The highest BCUT2D eigenvalue weighted by Crippen LogP contribution is 2.14. The van der Waals surface area contributed by atoms with Crippen molar-refractivity contribution < 1.29 is 9.47 Å². The second-order valence-electron chi connectivity index (χ2n) is 7.77. The lowest BCUT2D eigenvalue weighted by Gasteiger charge is -2.18. The van der Waals surface area contributed by atoms with Crippen LogP contribution in [-0.2, 0) is 9.47 Å². The third-order valence-electron chi connectivity index (χ3n) is 3.73. The lowest BCUT2D eigenvalue weighted by atomic mass is 10.0. The minimum absolute atomic E-state index is 0.170.